The molecule has 6 heteroatoms. The van der Waals surface area contributed by atoms with Crippen LogP contribution in [0.5, 0.6) is 0 Å². The molecule has 1 amide bonds. The number of thioether (sulfide) groups is 1. The summed E-state index contributed by atoms with van der Waals surface area (Å²) < 4.78 is 0. The molecule has 0 radical (unpaired) electrons. The zero-order chi connectivity index (χ0) is 12.2. The molecule has 2 aliphatic heterocycles. The topological polar surface area (TPSA) is 83.6 Å². The molecule has 0 aromatic heterocycles. The standard InChI is InChI=1S/C11H14N2O3S/c12-6-2-1-5(3-6)10-9(11(15)16)13-7(14)4-8(13)17-10/h5-6,8H,1-4,12H2,(H,15,16)/t5?,6?,8-/m1/s1. The summed E-state index contributed by atoms with van der Waals surface area (Å²) in [6.45, 7) is 0. The highest BCUT2D eigenvalue weighted by Gasteiger charge is 2.50. The molecular weight excluding hydrogens is 240 g/mol. The molecular formula is C11H14N2O3S. The number of nitrogens with two attached hydrogens (primary N) is 1. The van der Waals surface area contributed by atoms with Crippen LogP contribution in [0, 0.1) is 5.92 Å². The Morgan fingerprint density at radius 3 is 2.76 bits per heavy atom. The van der Waals surface area contributed by atoms with E-state index in [1.54, 1.807) is 11.8 Å². The lowest BCUT2D eigenvalue weighted by Crippen LogP contribution is -2.48. The maximum Gasteiger partial charge on any atom is 0.353 e. The second kappa shape index (κ2) is 3.74. The fourth-order valence-electron chi connectivity index (χ4n) is 2.82. The van der Waals surface area contributed by atoms with E-state index >= 15 is 0 Å². The first-order chi connectivity index (χ1) is 8.08. The van der Waals surface area contributed by atoms with Crippen molar-refractivity contribution in [1.82, 2.24) is 4.90 Å². The summed E-state index contributed by atoms with van der Waals surface area (Å²) >= 11 is 1.55. The third-order valence-corrected chi connectivity index (χ3v) is 5.12. The van der Waals surface area contributed by atoms with Gasteiger partial charge in [-0.25, -0.2) is 4.79 Å². The molecule has 3 rings (SSSR count). The molecule has 92 valence electrons. The SMILES string of the molecule is NC1CCC(C2=C(C(=O)O)N3C(=O)C[C@H]3S2)C1. The number of β-lactam (4-membered cyclic amide) rings is 1. The monoisotopic (exact) mass is 254 g/mol. The molecule has 0 aromatic rings. The van der Waals surface area contributed by atoms with Gasteiger partial charge in [0.2, 0.25) is 5.91 Å². The molecule has 1 saturated heterocycles. The van der Waals surface area contributed by atoms with Crippen LogP contribution >= 0.6 is 11.8 Å². The van der Waals surface area contributed by atoms with Crippen LogP contribution in [0.4, 0.5) is 0 Å². The number of nitrogens with zero attached hydrogens (tertiary/aromatic N) is 1. The van der Waals surface area contributed by atoms with Crippen molar-refractivity contribution in [2.75, 3.05) is 0 Å². The Kier molecular flexibility index (Phi) is 2.45. The number of carboxylic acid groups (broad SMARTS) is 1. The first-order valence-corrected chi connectivity index (χ1v) is 6.67. The second-order valence-corrected chi connectivity index (χ2v) is 6.05. The molecule has 3 N–H and O–H groups in total. The van der Waals surface area contributed by atoms with Gasteiger partial charge in [-0.15, -0.1) is 11.8 Å². The quantitative estimate of drug-likeness (QED) is 0.709. The van der Waals surface area contributed by atoms with Gasteiger partial charge < -0.3 is 10.8 Å². The minimum absolute atomic E-state index is 0.0282. The summed E-state index contributed by atoms with van der Waals surface area (Å²) in [7, 11) is 0. The van der Waals surface area contributed by atoms with Crippen molar-refractivity contribution in [3.8, 4) is 0 Å². The predicted molar refractivity (Wildman–Crippen MR) is 62.8 cm³/mol. The third-order valence-electron chi connectivity index (χ3n) is 3.69. The minimum Gasteiger partial charge on any atom is -0.477 e. The van der Waals surface area contributed by atoms with E-state index in [0.29, 0.717) is 6.42 Å². The van der Waals surface area contributed by atoms with E-state index in [4.69, 9.17) is 5.73 Å². The van der Waals surface area contributed by atoms with Gasteiger partial charge in [0.05, 0.1) is 11.8 Å². The highest BCUT2D eigenvalue weighted by molar-refractivity contribution is 8.04. The number of allylic oxidation sites excluding steroid dienone is 1. The minimum atomic E-state index is -0.983. The van der Waals surface area contributed by atoms with Crippen molar-refractivity contribution >= 4 is 23.6 Å². The Labute approximate surface area is 103 Å². The molecule has 2 unspecified atom stereocenters. The van der Waals surface area contributed by atoms with Gasteiger partial charge in [-0.2, -0.15) is 0 Å². The van der Waals surface area contributed by atoms with Crippen LogP contribution < -0.4 is 5.73 Å². The molecule has 17 heavy (non-hydrogen) atoms. The van der Waals surface area contributed by atoms with Gasteiger partial charge in [0.15, 0.2) is 0 Å². The van der Waals surface area contributed by atoms with Gasteiger partial charge in [-0.1, -0.05) is 0 Å². The Hall–Kier alpha value is -1.01. The molecule has 0 bridgehead atoms. The molecule has 0 aromatic carbocycles. The van der Waals surface area contributed by atoms with E-state index < -0.39 is 5.97 Å². The molecule has 2 heterocycles. The maximum absolute atomic E-state index is 11.4. The van der Waals surface area contributed by atoms with Crippen LogP contribution in [0.25, 0.3) is 0 Å². The van der Waals surface area contributed by atoms with Gasteiger partial charge in [0.25, 0.3) is 0 Å². The van der Waals surface area contributed by atoms with Gasteiger partial charge >= 0.3 is 5.97 Å². The van der Waals surface area contributed by atoms with Crippen LogP contribution in [0.1, 0.15) is 25.7 Å². The number of fused-ring (bicyclic) bond motifs is 1. The number of amides is 1. The fraction of sp³-hybridized carbons (Fsp3) is 0.636. The highest BCUT2D eigenvalue weighted by atomic mass is 32.2. The number of carbonyl (C=O) groups is 2. The summed E-state index contributed by atoms with van der Waals surface area (Å²) in [5.41, 5.74) is 6.08. The maximum atomic E-state index is 11.4. The zero-order valence-corrected chi connectivity index (χ0v) is 10.1. The Morgan fingerprint density at radius 2 is 2.24 bits per heavy atom. The summed E-state index contributed by atoms with van der Waals surface area (Å²) in [5, 5.41) is 9.28. The summed E-state index contributed by atoms with van der Waals surface area (Å²) in [4.78, 5) is 25.0. The molecule has 1 aliphatic carbocycles. The van der Waals surface area contributed by atoms with E-state index in [2.05, 4.69) is 0 Å². The van der Waals surface area contributed by atoms with Crippen LogP contribution in [0.2, 0.25) is 0 Å². The molecule has 0 spiro atoms. The smallest absolute Gasteiger partial charge is 0.353 e. The molecule has 3 atom stereocenters. The average Bonchev–Trinajstić information content (AvgIpc) is 2.78. The zero-order valence-electron chi connectivity index (χ0n) is 9.26. The Morgan fingerprint density at radius 1 is 1.47 bits per heavy atom. The van der Waals surface area contributed by atoms with E-state index in [1.165, 1.54) is 4.90 Å². The van der Waals surface area contributed by atoms with Crippen molar-refractivity contribution in [3.05, 3.63) is 10.6 Å². The number of hydrogen-bond donors (Lipinski definition) is 2. The lowest BCUT2D eigenvalue weighted by molar-refractivity contribution is -0.145. The number of carboxylic acids is 1. The van der Waals surface area contributed by atoms with Gasteiger partial charge in [0.1, 0.15) is 5.70 Å². The van der Waals surface area contributed by atoms with Crippen LogP contribution in [-0.2, 0) is 9.59 Å². The Bertz CT molecular complexity index is 434. The normalized spacial score (nSPS) is 36.2. The van der Waals surface area contributed by atoms with E-state index in [9.17, 15) is 14.7 Å². The first-order valence-electron chi connectivity index (χ1n) is 5.79. The summed E-state index contributed by atoms with van der Waals surface area (Å²) in [6, 6.07) is 0.173. The van der Waals surface area contributed by atoms with Gasteiger partial charge in [0, 0.05) is 10.9 Å². The van der Waals surface area contributed by atoms with Gasteiger partial charge in [-0.05, 0) is 25.2 Å². The predicted octanol–water partition coefficient (Wildman–Crippen LogP) is 0.715. The van der Waals surface area contributed by atoms with Crippen LogP contribution in [0.3, 0.4) is 0 Å². The van der Waals surface area contributed by atoms with Gasteiger partial charge in [-0.3, -0.25) is 9.69 Å². The molecule has 5 nitrogen and oxygen atoms in total. The van der Waals surface area contributed by atoms with Crippen molar-refractivity contribution in [2.45, 2.75) is 37.1 Å². The van der Waals surface area contributed by atoms with Crippen molar-refractivity contribution in [2.24, 2.45) is 11.7 Å². The lowest BCUT2D eigenvalue weighted by atomic mass is 10.0. The van der Waals surface area contributed by atoms with Crippen LogP contribution in [0.15, 0.2) is 10.6 Å². The first kappa shape index (κ1) is 11.1. The molecule has 1 saturated carbocycles. The molecule has 2 fully saturated rings. The van der Waals surface area contributed by atoms with E-state index in [0.717, 1.165) is 24.2 Å². The van der Waals surface area contributed by atoms with E-state index in [-0.39, 0.29) is 28.9 Å². The van der Waals surface area contributed by atoms with Crippen molar-refractivity contribution in [1.29, 1.82) is 0 Å². The number of aliphatic carboxylic acids is 1. The molecule has 3 aliphatic rings. The average molecular weight is 254 g/mol. The number of rotatable bonds is 2. The summed E-state index contributed by atoms with van der Waals surface area (Å²) in [6.07, 6.45) is 3.19. The lowest BCUT2D eigenvalue weighted by Gasteiger charge is -2.33. The van der Waals surface area contributed by atoms with Crippen molar-refractivity contribution in [3.63, 3.8) is 0 Å². The van der Waals surface area contributed by atoms with E-state index in [1.807, 2.05) is 0 Å². The second-order valence-electron chi connectivity index (χ2n) is 4.83. The van der Waals surface area contributed by atoms with Crippen molar-refractivity contribution < 1.29 is 14.7 Å². The number of hydrogen-bond acceptors (Lipinski definition) is 4. The third kappa shape index (κ3) is 1.58. The van der Waals surface area contributed by atoms with Crippen LogP contribution in [-0.4, -0.2) is 33.3 Å². The fourth-order valence-corrected chi connectivity index (χ4v) is 4.38. The highest BCUT2D eigenvalue weighted by Crippen LogP contribution is 2.51. The largest absolute Gasteiger partial charge is 0.477 e. The Balaban J connectivity index is 1.92. The number of carbonyl (C=O) groups excluding carboxylic acids is 1. The summed E-state index contributed by atoms with van der Waals surface area (Å²) in [5.74, 6) is -0.819.